The summed E-state index contributed by atoms with van der Waals surface area (Å²) >= 11 is 0. The molecule has 0 amide bonds. The molecule has 0 aliphatic carbocycles. The molecule has 1 aromatic rings. The van der Waals surface area contributed by atoms with Crippen LogP contribution in [0, 0.1) is 5.41 Å². The van der Waals surface area contributed by atoms with E-state index in [4.69, 9.17) is 0 Å². The number of nitrogens with one attached hydrogen (secondary N) is 1. The predicted molar refractivity (Wildman–Crippen MR) is 78.3 cm³/mol. The van der Waals surface area contributed by atoms with Crippen LogP contribution in [0.5, 0.6) is 0 Å². The molecule has 0 heterocycles. The lowest BCUT2D eigenvalue weighted by molar-refractivity contribution is 0.421. The number of hydrogen-bond acceptors (Lipinski definition) is 1. The van der Waals surface area contributed by atoms with Crippen LogP contribution in [0.4, 0.5) is 5.69 Å². The molecule has 0 unspecified atom stereocenters. The molecule has 1 rings (SSSR count). The van der Waals surface area contributed by atoms with E-state index < -0.39 is 0 Å². The molecular formula is C16H25N. The number of allylic oxidation sites excluding steroid dienone is 1. The molecule has 0 spiro atoms. The maximum atomic E-state index is 3.39. The topological polar surface area (TPSA) is 12.0 Å². The molecule has 1 N–H and O–H groups in total. The standard InChI is InChI=1S/C16H25N/c1-13(2)17-15-10-8-14(9-11-15)7-6-12-16(3,4)5/h6-11,13,17H,12H2,1-5H3/b7-6+. The van der Waals surface area contributed by atoms with Crippen molar-refractivity contribution in [3.05, 3.63) is 35.9 Å². The summed E-state index contributed by atoms with van der Waals surface area (Å²) in [6, 6.07) is 9.07. The largest absolute Gasteiger partial charge is 0.383 e. The number of anilines is 1. The van der Waals surface area contributed by atoms with E-state index in [2.05, 4.69) is 76.4 Å². The zero-order valence-corrected chi connectivity index (χ0v) is 11.7. The monoisotopic (exact) mass is 231 g/mol. The summed E-state index contributed by atoms with van der Waals surface area (Å²) < 4.78 is 0. The third-order valence-electron chi connectivity index (χ3n) is 2.41. The van der Waals surface area contributed by atoms with Gasteiger partial charge in [0.15, 0.2) is 0 Å². The summed E-state index contributed by atoms with van der Waals surface area (Å²) in [7, 11) is 0. The van der Waals surface area contributed by atoms with Gasteiger partial charge in [0.2, 0.25) is 0 Å². The van der Waals surface area contributed by atoms with Gasteiger partial charge in [0, 0.05) is 11.7 Å². The Morgan fingerprint density at radius 3 is 2.18 bits per heavy atom. The van der Waals surface area contributed by atoms with Crippen LogP contribution in [0.2, 0.25) is 0 Å². The summed E-state index contributed by atoms with van der Waals surface area (Å²) in [5.74, 6) is 0. The Kier molecular flexibility index (Phi) is 4.80. The predicted octanol–water partition coefficient (Wildman–Crippen LogP) is 4.96. The van der Waals surface area contributed by atoms with Crippen molar-refractivity contribution in [1.82, 2.24) is 0 Å². The van der Waals surface area contributed by atoms with Crippen LogP contribution in [0.1, 0.15) is 46.6 Å². The summed E-state index contributed by atoms with van der Waals surface area (Å²) in [5, 5.41) is 3.39. The van der Waals surface area contributed by atoms with E-state index >= 15 is 0 Å². The quantitative estimate of drug-likeness (QED) is 0.772. The maximum Gasteiger partial charge on any atom is 0.0342 e. The highest BCUT2D eigenvalue weighted by molar-refractivity contribution is 5.55. The first-order valence-electron chi connectivity index (χ1n) is 6.40. The Balaban J connectivity index is 2.56. The van der Waals surface area contributed by atoms with Crippen LogP contribution in [0.15, 0.2) is 30.3 Å². The molecule has 94 valence electrons. The molecule has 0 aliphatic heterocycles. The van der Waals surface area contributed by atoms with Gasteiger partial charge in [-0.3, -0.25) is 0 Å². The Morgan fingerprint density at radius 1 is 1.12 bits per heavy atom. The third-order valence-corrected chi connectivity index (χ3v) is 2.41. The van der Waals surface area contributed by atoms with E-state index in [0.717, 1.165) is 6.42 Å². The van der Waals surface area contributed by atoms with Crippen molar-refractivity contribution in [2.75, 3.05) is 5.32 Å². The van der Waals surface area contributed by atoms with Gasteiger partial charge < -0.3 is 5.32 Å². The SMILES string of the molecule is CC(C)Nc1ccc(/C=C/CC(C)(C)C)cc1. The minimum atomic E-state index is 0.371. The second-order valence-electron chi connectivity index (χ2n) is 6.09. The summed E-state index contributed by atoms with van der Waals surface area (Å²) in [6.45, 7) is 11.1. The maximum absolute atomic E-state index is 3.39. The van der Waals surface area contributed by atoms with Gasteiger partial charge >= 0.3 is 0 Å². The van der Waals surface area contributed by atoms with Gasteiger partial charge in [-0.1, -0.05) is 45.1 Å². The fraction of sp³-hybridized carbons (Fsp3) is 0.500. The summed E-state index contributed by atoms with van der Waals surface area (Å²) in [4.78, 5) is 0. The lowest BCUT2D eigenvalue weighted by Crippen LogP contribution is -2.09. The average Bonchev–Trinajstić information content (AvgIpc) is 2.18. The molecule has 17 heavy (non-hydrogen) atoms. The van der Waals surface area contributed by atoms with Crippen LogP contribution < -0.4 is 5.32 Å². The molecule has 0 aliphatic rings. The summed E-state index contributed by atoms with van der Waals surface area (Å²) in [5.41, 5.74) is 2.83. The molecule has 0 radical (unpaired) electrons. The molecule has 0 bridgehead atoms. The van der Waals surface area contributed by atoms with Crippen molar-refractivity contribution < 1.29 is 0 Å². The van der Waals surface area contributed by atoms with E-state index in [0.29, 0.717) is 11.5 Å². The number of hydrogen-bond donors (Lipinski definition) is 1. The molecular weight excluding hydrogens is 206 g/mol. The van der Waals surface area contributed by atoms with Gasteiger partial charge in [-0.25, -0.2) is 0 Å². The van der Waals surface area contributed by atoms with Crippen molar-refractivity contribution in [1.29, 1.82) is 0 Å². The Hall–Kier alpha value is -1.24. The molecule has 0 atom stereocenters. The van der Waals surface area contributed by atoms with Gasteiger partial charge in [0.1, 0.15) is 0 Å². The van der Waals surface area contributed by atoms with E-state index in [9.17, 15) is 0 Å². The average molecular weight is 231 g/mol. The van der Waals surface area contributed by atoms with Crippen LogP contribution in [0.3, 0.4) is 0 Å². The van der Waals surface area contributed by atoms with Crippen molar-refractivity contribution in [3.63, 3.8) is 0 Å². The molecule has 0 aromatic heterocycles. The first-order chi connectivity index (χ1) is 7.87. The van der Waals surface area contributed by atoms with Crippen molar-refractivity contribution >= 4 is 11.8 Å². The Morgan fingerprint density at radius 2 is 1.71 bits per heavy atom. The Labute approximate surface area is 106 Å². The molecule has 0 saturated carbocycles. The van der Waals surface area contributed by atoms with E-state index in [-0.39, 0.29) is 0 Å². The smallest absolute Gasteiger partial charge is 0.0342 e. The second-order valence-corrected chi connectivity index (χ2v) is 6.09. The van der Waals surface area contributed by atoms with Crippen molar-refractivity contribution in [2.45, 2.75) is 47.1 Å². The van der Waals surface area contributed by atoms with Gasteiger partial charge in [-0.05, 0) is 43.4 Å². The first kappa shape index (κ1) is 13.8. The van der Waals surface area contributed by atoms with Crippen LogP contribution in [0.25, 0.3) is 6.08 Å². The zero-order chi connectivity index (χ0) is 12.9. The Bertz CT molecular complexity index is 352. The molecule has 1 aromatic carbocycles. The third kappa shape index (κ3) is 6.15. The zero-order valence-electron chi connectivity index (χ0n) is 11.7. The number of rotatable bonds is 4. The molecule has 0 saturated heterocycles. The fourth-order valence-electron chi connectivity index (χ4n) is 1.57. The first-order valence-corrected chi connectivity index (χ1v) is 6.40. The normalized spacial score (nSPS) is 12.4. The minimum absolute atomic E-state index is 0.371. The highest BCUT2D eigenvalue weighted by Crippen LogP contribution is 2.20. The lowest BCUT2D eigenvalue weighted by atomic mass is 9.92. The van der Waals surface area contributed by atoms with E-state index in [1.807, 2.05) is 0 Å². The van der Waals surface area contributed by atoms with Crippen molar-refractivity contribution in [2.24, 2.45) is 5.41 Å². The van der Waals surface area contributed by atoms with Gasteiger partial charge in [0.05, 0.1) is 0 Å². The molecule has 1 heteroatoms. The summed E-state index contributed by atoms with van der Waals surface area (Å²) in [6.07, 6.45) is 5.56. The number of benzene rings is 1. The molecule has 0 fully saturated rings. The highest BCUT2D eigenvalue weighted by atomic mass is 14.9. The van der Waals surface area contributed by atoms with Crippen molar-refractivity contribution in [3.8, 4) is 0 Å². The van der Waals surface area contributed by atoms with Gasteiger partial charge in [-0.15, -0.1) is 0 Å². The van der Waals surface area contributed by atoms with E-state index in [1.54, 1.807) is 0 Å². The molecule has 1 nitrogen and oxygen atoms in total. The second kappa shape index (κ2) is 5.90. The minimum Gasteiger partial charge on any atom is -0.383 e. The van der Waals surface area contributed by atoms with E-state index in [1.165, 1.54) is 11.3 Å². The van der Waals surface area contributed by atoms with Crippen LogP contribution in [-0.2, 0) is 0 Å². The fourth-order valence-corrected chi connectivity index (χ4v) is 1.57. The van der Waals surface area contributed by atoms with Gasteiger partial charge in [0.25, 0.3) is 0 Å². The van der Waals surface area contributed by atoms with Gasteiger partial charge in [-0.2, -0.15) is 0 Å². The van der Waals surface area contributed by atoms with Crippen LogP contribution in [-0.4, -0.2) is 6.04 Å². The lowest BCUT2D eigenvalue weighted by Gasteiger charge is -2.14. The highest BCUT2D eigenvalue weighted by Gasteiger charge is 2.06. The van der Waals surface area contributed by atoms with Crippen LogP contribution >= 0.6 is 0 Å².